The number of carboxylic acids is 1. The number of sulfonamides is 1. The van der Waals surface area contributed by atoms with Gasteiger partial charge in [-0.3, -0.25) is 4.72 Å². The topological polar surface area (TPSA) is 86.3 Å². The molecule has 116 valence electrons. The highest BCUT2D eigenvalue weighted by Gasteiger charge is 2.15. The summed E-state index contributed by atoms with van der Waals surface area (Å²) in [6, 6.07) is 12.1. The van der Waals surface area contributed by atoms with Gasteiger partial charge in [0, 0.05) is 5.69 Å². The van der Waals surface area contributed by atoms with Crippen LogP contribution in [0.4, 0.5) is 5.69 Å². The van der Waals surface area contributed by atoms with E-state index in [0.717, 1.165) is 11.6 Å². The fourth-order valence-corrected chi connectivity index (χ4v) is 3.04. The number of rotatable bonds is 5. The van der Waals surface area contributed by atoms with Crippen molar-refractivity contribution < 1.29 is 18.3 Å². The van der Waals surface area contributed by atoms with Crippen LogP contribution in [0.15, 0.2) is 53.4 Å². The second-order valence-electron chi connectivity index (χ2n) is 5.20. The zero-order valence-corrected chi connectivity index (χ0v) is 13.1. The minimum absolute atomic E-state index is 0.123. The van der Waals surface area contributed by atoms with Crippen molar-refractivity contribution in [2.24, 2.45) is 0 Å². The van der Waals surface area contributed by atoms with Crippen molar-refractivity contribution in [3.8, 4) is 0 Å². The summed E-state index contributed by atoms with van der Waals surface area (Å²) in [5.74, 6) is -1.07. The van der Waals surface area contributed by atoms with E-state index in [0.29, 0.717) is 11.6 Å². The van der Waals surface area contributed by atoms with E-state index in [4.69, 9.17) is 0 Å². The highest BCUT2D eigenvalue weighted by molar-refractivity contribution is 7.92. The van der Waals surface area contributed by atoms with Crippen LogP contribution in [0, 0.1) is 0 Å². The molecule has 0 radical (unpaired) electrons. The molecule has 0 saturated carbocycles. The Balaban J connectivity index is 2.27. The first-order valence-corrected chi connectivity index (χ1v) is 8.22. The van der Waals surface area contributed by atoms with E-state index in [9.17, 15) is 18.3 Å². The van der Waals surface area contributed by atoms with E-state index in [-0.39, 0.29) is 10.5 Å². The van der Waals surface area contributed by atoms with E-state index >= 15 is 0 Å². The molecule has 0 bridgehead atoms. The molecule has 0 heterocycles. The SMILES string of the molecule is CC(C)c1ccc(NS(=O)(=O)c2cccc(C(=O)[O-])c2)cc1. The van der Waals surface area contributed by atoms with E-state index in [2.05, 4.69) is 4.72 Å². The fraction of sp³-hybridized carbons (Fsp3) is 0.188. The highest BCUT2D eigenvalue weighted by atomic mass is 32.2. The number of hydrogen-bond donors (Lipinski definition) is 1. The Morgan fingerprint density at radius 2 is 1.73 bits per heavy atom. The maximum atomic E-state index is 12.3. The summed E-state index contributed by atoms with van der Waals surface area (Å²) in [6.07, 6.45) is 0. The Hall–Kier alpha value is -2.34. The lowest BCUT2D eigenvalue weighted by molar-refractivity contribution is -0.255. The molecular weight excluding hydrogens is 302 g/mol. The number of benzene rings is 2. The molecule has 0 aliphatic heterocycles. The number of anilines is 1. The monoisotopic (exact) mass is 318 g/mol. The molecule has 2 aromatic rings. The molecule has 6 heteroatoms. The lowest BCUT2D eigenvalue weighted by Gasteiger charge is -2.11. The van der Waals surface area contributed by atoms with E-state index in [1.807, 2.05) is 26.0 Å². The van der Waals surface area contributed by atoms with Crippen molar-refractivity contribution in [1.29, 1.82) is 0 Å². The Bertz CT molecular complexity index is 780. The fourth-order valence-electron chi connectivity index (χ4n) is 1.94. The van der Waals surface area contributed by atoms with Crippen molar-refractivity contribution in [2.75, 3.05) is 4.72 Å². The molecular formula is C16H16NO4S-. The zero-order valence-electron chi connectivity index (χ0n) is 12.2. The number of carboxylic acid groups (broad SMARTS) is 1. The van der Waals surface area contributed by atoms with Crippen LogP contribution in [0.5, 0.6) is 0 Å². The van der Waals surface area contributed by atoms with Crippen LogP contribution in [-0.4, -0.2) is 14.4 Å². The minimum atomic E-state index is -3.84. The van der Waals surface area contributed by atoms with Crippen LogP contribution >= 0.6 is 0 Å². The minimum Gasteiger partial charge on any atom is -0.545 e. The molecule has 0 amide bonds. The van der Waals surface area contributed by atoms with E-state index in [1.54, 1.807) is 12.1 Å². The smallest absolute Gasteiger partial charge is 0.261 e. The van der Waals surface area contributed by atoms with Gasteiger partial charge in [-0.15, -0.1) is 0 Å². The standard InChI is InChI=1S/C16H17NO4S/c1-11(2)12-6-8-14(9-7-12)17-22(20,21)15-5-3-4-13(10-15)16(18)19/h3-11,17H,1-2H3,(H,18,19)/p-1. The van der Waals surface area contributed by atoms with Crippen LogP contribution in [-0.2, 0) is 10.0 Å². The van der Waals surface area contributed by atoms with Gasteiger partial charge in [-0.2, -0.15) is 0 Å². The molecule has 1 N–H and O–H groups in total. The quantitative estimate of drug-likeness (QED) is 0.913. The summed E-state index contributed by atoms with van der Waals surface area (Å²) in [5, 5.41) is 10.8. The third kappa shape index (κ3) is 3.65. The molecule has 5 nitrogen and oxygen atoms in total. The van der Waals surface area contributed by atoms with E-state index < -0.39 is 16.0 Å². The summed E-state index contributed by atoms with van der Waals surface area (Å²) < 4.78 is 27.0. The highest BCUT2D eigenvalue weighted by Crippen LogP contribution is 2.20. The predicted octanol–water partition coefficient (Wildman–Crippen LogP) is 1.97. The van der Waals surface area contributed by atoms with Crippen LogP contribution in [0.3, 0.4) is 0 Å². The lowest BCUT2D eigenvalue weighted by Crippen LogP contribution is -2.23. The van der Waals surface area contributed by atoms with Crippen molar-refractivity contribution in [2.45, 2.75) is 24.7 Å². The predicted molar refractivity (Wildman–Crippen MR) is 82.1 cm³/mol. The third-order valence-electron chi connectivity index (χ3n) is 3.21. The van der Waals surface area contributed by atoms with Gasteiger partial charge in [0.1, 0.15) is 0 Å². The summed E-state index contributed by atoms with van der Waals surface area (Å²) >= 11 is 0. The number of nitrogens with one attached hydrogen (secondary N) is 1. The lowest BCUT2D eigenvalue weighted by atomic mass is 10.0. The maximum absolute atomic E-state index is 12.3. The largest absolute Gasteiger partial charge is 0.545 e. The molecule has 0 aromatic heterocycles. The van der Waals surface area contributed by atoms with Gasteiger partial charge in [0.2, 0.25) is 0 Å². The van der Waals surface area contributed by atoms with Crippen LogP contribution in [0.25, 0.3) is 0 Å². The Morgan fingerprint density at radius 3 is 2.27 bits per heavy atom. The Morgan fingerprint density at radius 1 is 1.09 bits per heavy atom. The zero-order chi connectivity index (χ0) is 16.3. The number of carbonyl (C=O) groups excluding carboxylic acids is 1. The first-order chi connectivity index (χ1) is 10.3. The molecule has 0 unspecified atom stereocenters. The third-order valence-corrected chi connectivity index (χ3v) is 4.59. The molecule has 0 spiro atoms. The summed E-state index contributed by atoms with van der Waals surface area (Å²) in [7, 11) is -3.84. The summed E-state index contributed by atoms with van der Waals surface area (Å²) in [5.41, 5.74) is 1.34. The Labute approximate surface area is 129 Å². The van der Waals surface area contributed by atoms with Crippen LogP contribution in [0.1, 0.15) is 35.7 Å². The van der Waals surface area contributed by atoms with Gasteiger partial charge < -0.3 is 9.90 Å². The first kappa shape index (κ1) is 16.0. The second kappa shape index (κ2) is 6.19. The van der Waals surface area contributed by atoms with Gasteiger partial charge in [0.15, 0.2) is 0 Å². The molecule has 0 aliphatic carbocycles. The molecule has 0 saturated heterocycles. The van der Waals surface area contributed by atoms with Gasteiger partial charge >= 0.3 is 0 Å². The second-order valence-corrected chi connectivity index (χ2v) is 6.88. The summed E-state index contributed by atoms with van der Waals surface area (Å²) in [6.45, 7) is 4.09. The molecule has 2 aromatic carbocycles. The van der Waals surface area contributed by atoms with Crippen molar-refractivity contribution in [1.82, 2.24) is 0 Å². The van der Waals surface area contributed by atoms with Gasteiger partial charge in [-0.05, 0) is 41.3 Å². The maximum Gasteiger partial charge on any atom is 0.261 e. The van der Waals surface area contributed by atoms with Gasteiger partial charge in [0.05, 0.1) is 10.9 Å². The molecule has 2 rings (SSSR count). The van der Waals surface area contributed by atoms with Crippen molar-refractivity contribution in [3.05, 3.63) is 59.7 Å². The van der Waals surface area contributed by atoms with Gasteiger partial charge in [-0.1, -0.05) is 38.1 Å². The molecule has 22 heavy (non-hydrogen) atoms. The molecule has 0 atom stereocenters. The van der Waals surface area contributed by atoms with Crippen LogP contribution < -0.4 is 9.83 Å². The van der Waals surface area contributed by atoms with Crippen molar-refractivity contribution in [3.63, 3.8) is 0 Å². The summed E-state index contributed by atoms with van der Waals surface area (Å²) in [4.78, 5) is 10.7. The number of hydrogen-bond acceptors (Lipinski definition) is 4. The average molecular weight is 318 g/mol. The number of carbonyl (C=O) groups is 1. The number of aromatic carboxylic acids is 1. The van der Waals surface area contributed by atoms with Crippen molar-refractivity contribution >= 4 is 21.7 Å². The normalized spacial score (nSPS) is 11.4. The Kier molecular flexibility index (Phi) is 4.51. The molecule has 0 fully saturated rings. The first-order valence-electron chi connectivity index (χ1n) is 6.74. The average Bonchev–Trinajstić information content (AvgIpc) is 2.47. The van der Waals surface area contributed by atoms with Crippen LogP contribution in [0.2, 0.25) is 0 Å². The van der Waals surface area contributed by atoms with Gasteiger partial charge in [-0.25, -0.2) is 8.42 Å². The van der Waals surface area contributed by atoms with E-state index in [1.165, 1.54) is 18.2 Å². The molecule has 0 aliphatic rings. The van der Waals surface area contributed by atoms with Gasteiger partial charge in [0.25, 0.3) is 10.0 Å².